The third-order valence-electron chi connectivity index (χ3n) is 5.35. The molecular formula is C35H49NO3. The van der Waals surface area contributed by atoms with E-state index >= 15 is 0 Å². The van der Waals surface area contributed by atoms with Crippen molar-refractivity contribution in [2.45, 2.75) is 67.9 Å². The van der Waals surface area contributed by atoms with Crippen LogP contribution in [0.15, 0.2) is 90.6 Å². The number of benzene rings is 2. The number of para-hydroxylation sites is 1. The first-order chi connectivity index (χ1) is 18.7. The highest BCUT2D eigenvalue weighted by molar-refractivity contribution is 5.94. The van der Waals surface area contributed by atoms with Crippen LogP contribution in [0.5, 0.6) is 11.5 Å². The Morgan fingerprint density at radius 1 is 1.03 bits per heavy atom. The summed E-state index contributed by atoms with van der Waals surface area (Å²) in [6.45, 7) is 22.9. The van der Waals surface area contributed by atoms with Crippen molar-refractivity contribution >= 4 is 11.5 Å². The van der Waals surface area contributed by atoms with Gasteiger partial charge in [0.2, 0.25) is 5.91 Å². The lowest BCUT2D eigenvalue weighted by Crippen LogP contribution is -2.29. The Morgan fingerprint density at radius 3 is 2.08 bits per heavy atom. The molecule has 0 atom stereocenters. The molecule has 4 nitrogen and oxygen atoms in total. The van der Waals surface area contributed by atoms with Gasteiger partial charge in [-0.05, 0) is 64.7 Å². The van der Waals surface area contributed by atoms with Crippen LogP contribution in [0.2, 0.25) is 0 Å². The zero-order chi connectivity index (χ0) is 30.2. The number of nitrogens with one attached hydrogen (secondary N) is 1. The molecule has 1 N–H and O–H groups in total. The number of hydrogen-bond donors (Lipinski definition) is 1. The number of amides is 1. The number of hydrogen-bond acceptors (Lipinski definition) is 3. The van der Waals surface area contributed by atoms with Crippen LogP contribution in [-0.2, 0) is 11.4 Å². The lowest BCUT2D eigenvalue weighted by Gasteiger charge is -2.15. The minimum absolute atomic E-state index is 0.0961. The summed E-state index contributed by atoms with van der Waals surface area (Å²) >= 11 is 0. The quantitative estimate of drug-likeness (QED) is 0.286. The van der Waals surface area contributed by atoms with Gasteiger partial charge in [0.25, 0.3) is 0 Å². The molecule has 0 bridgehead atoms. The van der Waals surface area contributed by atoms with Crippen LogP contribution >= 0.6 is 0 Å². The van der Waals surface area contributed by atoms with Crippen LogP contribution in [0.4, 0.5) is 0 Å². The molecule has 0 aliphatic carbocycles. The van der Waals surface area contributed by atoms with Crippen molar-refractivity contribution in [1.29, 1.82) is 0 Å². The maximum atomic E-state index is 10.8. The van der Waals surface area contributed by atoms with Gasteiger partial charge in [0.05, 0.1) is 7.11 Å². The molecule has 1 heterocycles. The first-order valence-electron chi connectivity index (χ1n) is 13.2. The number of methoxy groups -OCH3 is 1. The van der Waals surface area contributed by atoms with Crippen molar-refractivity contribution in [2.75, 3.05) is 13.7 Å². The van der Waals surface area contributed by atoms with Gasteiger partial charge in [0.15, 0.2) is 11.5 Å². The molecule has 4 heteroatoms. The van der Waals surface area contributed by atoms with Gasteiger partial charge in [-0.3, -0.25) is 4.79 Å². The number of allylic oxidation sites excluding steroid dienone is 4. The lowest BCUT2D eigenvalue weighted by molar-refractivity contribution is -0.117. The summed E-state index contributed by atoms with van der Waals surface area (Å²) in [5.41, 5.74) is 6.40. The Balaban J connectivity index is 0. The molecule has 212 valence electrons. The standard InChI is InChI=1S/C17H18O2.C7H11NO.C7H12.C2H6.C2H2/c1-13(2)15-10-7-11-16(18-3)17(15)19-12-14-8-5-4-6-9-14;1-5-3-4-8-7(9)6(5)2;1-4-5-6-7(2)3;2*1-2/h4-11H,1,12H2,2-3H3;3-4H2,1-2H3,(H,8,9);4-5H,2,6H2,1,3H3;1-2H3;1-2H/b;;5-4-;;. The fourth-order valence-corrected chi connectivity index (χ4v) is 3.09. The average molecular weight is 532 g/mol. The monoisotopic (exact) mass is 531 g/mol. The summed E-state index contributed by atoms with van der Waals surface area (Å²) in [5, 5.41) is 2.77. The van der Waals surface area contributed by atoms with E-state index in [1.807, 2.05) is 103 Å². The zero-order valence-electron chi connectivity index (χ0n) is 25.4. The smallest absolute Gasteiger partial charge is 0.246 e. The molecule has 1 amide bonds. The second kappa shape index (κ2) is 23.2. The second-order valence-corrected chi connectivity index (χ2v) is 8.53. The van der Waals surface area contributed by atoms with Crippen LogP contribution in [0, 0.1) is 12.8 Å². The van der Waals surface area contributed by atoms with Crippen molar-refractivity contribution in [3.8, 4) is 24.3 Å². The van der Waals surface area contributed by atoms with Gasteiger partial charge in [-0.25, -0.2) is 0 Å². The molecule has 0 fully saturated rings. The molecule has 0 saturated carbocycles. The highest BCUT2D eigenvalue weighted by Crippen LogP contribution is 2.35. The Labute approximate surface area is 238 Å². The summed E-state index contributed by atoms with van der Waals surface area (Å²) in [7, 11) is 1.65. The van der Waals surface area contributed by atoms with E-state index in [-0.39, 0.29) is 5.91 Å². The molecule has 3 rings (SSSR count). The fourth-order valence-electron chi connectivity index (χ4n) is 3.09. The SMILES string of the molecule is C#C.C=C(C)C/C=C\C.C=C(C)c1cccc(OC)c1OCc1ccccc1.CC.CC1=C(C)C(=O)NCC1. The van der Waals surface area contributed by atoms with E-state index in [0.29, 0.717) is 6.61 Å². The molecule has 0 radical (unpaired) electrons. The van der Waals surface area contributed by atoms with Gasteiger partial charge in [-0.2, -0.15) is 0 Å². The minimum atomic E-state index is 0.0961. The number of carbonyl (C=O) groups is 1. The summed E-state index contributed by atoms with van der Waals surface area (Å²) in [6.07, 6.45) is 14.2. The third kappa shape index (κ3) is 15.8. The van der Waals surface area contributed by atoms with Crippen molar-refractivity contribution < 1.29 is 14.3 Å². The molecule has 1 aliphatic rings. The van der Waals surface area contributed by atoms with Crippen molar-refractivity contribution in [2.24, 2.45) is 0 Å². The van der Waals surface area contributed by atoms with Gasteiger partial charge >= 0.3 is 0 Å². The van der Waals surface area contributed by atoms with Gasteiger partial charge in [-0.1, -0.05) is 92.8 Å². The number of terminal acetylenes is 1. The van der Waals surface area contributed by atoms with Crippen molar-refractivity contribution in [3.05, 3.63) is 102 Å². The van der Waals surface area contributed by atoms with E-state index in [2.05, 4.69) is 37.4 Å². The molecule has 2 aromatic carbocycles. The van der Waals surface area contributed by atoms with Crippen LogP contribution < -0.4 is 14.8 Å². The van der Waals surface area contributed by atoms with Gasteiger partial charge in [0.1, 0.15) is 6.61 Å². The third-order valence-corrected chi connectivity index (χ3v) is 5.35. The van der Waals surface area contributed by atoms with Gasteiger partial charge in [0, 0.05) is 17.7 Å². The summed E-state index contributed by atoms with van der Waals surface area (Å²) in [5.74, 6) is 1.58. The largest absolute Gasteiger partial charge is 0.493 e. The van der Waals surface area contributed by atoms with Gasteiger partial charge < -0.3 is 14.8 Å². The van der Waals surface area contributed by atoms with E-state index < -0.39 is 0 Å². The molecule has 39 heavy (non-hydrogen) atoms. The van der Waals surface area contributed by atoms with Crippen molar-refractivity contribution in [1.82, 2.24) is 5.32 Å². The lowest BCUT2D eigenvalue weighted by atomic mass is 10.0. The predicted molar refractivity (Wildman–Crippen MR) is 170 cm³/mol. The van der Waals surface area contributed by atoms with Crippen LogP contribution in [0.25, 0.3) is 5.57 Å². The van der Waals surface area contributed by atoms with Gasteiger partial charge in [-0.15, -0.1) is 12.8 Å². The first kappa shape index (κ1) is 37.2. The molecule has 0 spiro atoms. The molecule has 0 aromatic heterocycles. The van der Waals surface area contributed by atoms with E-state index in [0.717, 1.165) is 53.2 Å². The minimum Gasteiger partial charge on any atom is -0.493 e. The van der Waals surface area contributed by atoms with Crippen molar-refractivity contribution in [3.63, 3.8) is 0 Å². The molecule has 0 saturated heterocycles. The Hall–Kier alpha value is -3.97. The highest BCUT2D eigenvalue weighted by Gasteiger charge is 2.12. The molecule has 0 unspecified atom stereocenters. The summed E-state index contributed by atoms with van der Waals surface area (Å²) in [4.78, 5) is 10.8. The Kier molecular flexibility index (Phi) is 22.1. The highest BCUT2D eigenvalue weighted by atomic mass is 16.5. The fraction of sp³-hybridized carbons (Fsp3) is 0.343. The number of carbonyl (C=O) groups excluding carboxylic acids is 1. The maximum absolute atomic E-state index is 10.8. The topological polar surface area (TPSA) is 47.6 Å². The van der Waals surface area contributed by atoms with Crippen LogP contribution in [0.3, 0.4) is 0 Å². The number of rotatable bonds is 7. The Bertz CT molecular complexity index is 1080. The average Bonchev–Trinajstić information content (AvgIpc) is 2.96. The molecular weight excluding hydrogens is 482 g/mol. The summed E-state index contributed by atoms with van der Waals surface area (Å²) in [6, 6.07) is 15.9. The summed E-state index contributed by atoms with van der Waals surface area (Å²) < 4.78 is 11.3. The number of ether oxygens (including phenoxy) is 2. The second-order valence-electron chi connectivity index (χ2n) is 8.53. The van der Waals surface area contributed by atoms with E-state index in [4.69, 9.17) is 9.47 Å². The first-order valence-corrected chi connectivity index (χ1v) is 13.2. The van der Waals surface area contributed by atoms with E-state index in [1.165, 1.54) is 11.1 Å². The maximum Gasteiger partial charge on any atom is 0.246 e. The van der Waals surface area contributed by atoms with Crippen LogP contribution in [-0.4, -0.2) is 19.6 Å². The molecule has 1 aliphatic heterocycles. The van der Waals surface area contributed by atoms with E-state index in [9.17, 15) is 4.79 Å². The zero-order valence-corrected chi connectivity index (χ0v) is 25.4. The van der Waals surface area contributed by atoms with Crippen LogP contribution in [0.1, 0.15) is 72.4 Å². The Morgan fingerprint density at radius 2 is 1.64 bits per heavy atom. The molecule has 2 aromatic rings. The predicted octanol–water partition coefficient (Wildman–Crippen LogP) is 8.95. The normalized spacial score (nSPS) is 11.5. The van der Waals surface area contributed by atoms with E-state index in [1.54, 1.807) is 7.11 Å².